The van der Waals surface area contributed by atoms with E-state index in [1.165, 1.54) is 22.4 Å². The molecule has 1 N–H and O–H groups in total. The molecule has 0 saturated heterocycles. The van der Waals surface area contributed by atoms with Crippen LogP contribution >= 0.6 is 0 Å². The maximum absolute atomic E-state index is 12.4. The van der Waals surface area contributed by atoms with Gasteiger partial charge in [-0.3, -0.25) is 9.59 Å². The molecule has 0 bridgehead atoms. The van der Waals surface area contributed by atoms with E-state index in [-0.39, 0.29) is 17.3 Å². The number of nitrogens with one attached hydrogen (secondary N) is 1. The Morgan fingerprint density at radius 3 is 2.45 bits per heavy atom. The summed E-state index contributed by atoms with van der Waals surface area (Å²) in [5.74, 6) is -0.0443. The van der Waals surface area contributed by atoms with Crippen molar-refractivity contribution in [2.45, 2.75) is 40.3 Å². The zero-order valence-corrected chi connectivity index (χ0v) is 17.1. The van der Waals surface area contributed by atoms with Crippen molar-refractivity contribution in [3.8, 4) is 11.6 Å². The molecule has 150 valence electrons. The first-order chi connectivity index (χ1) is 13.8. The van der Waals surface area contributed by atoms with Crippen LogP contribution in [0.25, 0.3) is 5.69 Å². The zero-order chi connectivity index (χ0) is 21.0. The predicted octanol–water partition coefficient (Wildman–Crippen LogP) is 3.24. The van der Waals surface area contributed by atoms with Gasteiger partial charge in [-0.15, -0.1) is 5.10 Å². The molecule has 29 heavy (non-hydrogen) atoms. The molecule has 0 spiro atoms. The van der Waals surface area contributed by atoms with Gasteiger partial charge in [0.15, 0.2) is 6.10 Å². The van der Waals surface area contributed by atoms with Crippen LogP contribution in [0.5, 0.6) is 5.88 Å². The van der Waals surface area contributed by atoms with Crippen molar-refractivity contribution in [2.75, 3.05) is 0 Å². The lowest BCUT2D eigenvalue weighted by Crippen LogP contribution is -2.36. The first-order valence-corrected chi connectivity index (χ1v) is 9.51. The highest BCUT2D eigenvalue weighted by Gasteiger charge is 2.16. The number of nitrogens with zero attached hydrogens (tertiary/aromatic N) is 2. The summed E-state index contributed by atoms with van der Waals surface area (Å²) in [6.45, 7) is 8.07. The molecule has 0 aliphatic rings. The second-order valence-electron chi connectivity index (χ2n) is 7.15. The smallest absolute Gasteiger partial charge is 0.271 e. The normalized spacial score (nSPS) is 11.7. The lowest BCUT2D eigenvalue weighted by Gasteiger charge is -2.15. The quantitative estimate of drug-likeness (QED) is 0.700. The van der Waals surface area contributed by atoms with Gasteiger partial charge < -0.3 is 10.1 Å². The summed E-state index contributed by atoms with van der Waals surface area (Å²) < 4.78 is 6.95. The van der Waals surface area contributed by atoms with Crippen molar-refractivity contribution in [2.24, 2.45) is 0 Å². The minimum Gasteiger partial charge on any atom is -0.464 e. The number of hydrogen-bond acceptors (Lipinski definition) is 4. The number of rotatable bonds is 6. The number of amides is 1. The second-order valence-corrected chi connectivity index (χ2v) is 7.15. The fraction of sp³-hybridized carbons (Fsp3) is 0.261. The molecule has 3 aromatic rings. The molecule has 0 saturated carbocycles. The molecule has 1 atom stereocenters. The van der Waals surface area contributed by atoms with Crippen molar-refractivity contribution in [3.63, 3.8) is 0 Å². The largest absolute Gasteiger partial charge is 0.464 e. The van der Waals surface area contributed by atoms with E-state index in [1.54, 1.807) is 6.92 Å². The first kappa shape index (κ1) is 20.3. The van der Waals surface area contributed by atoms with E-state index in [4.69, 9.17) is 4.74 Å². The predicted molar refractivity (Wildman–Crippen MR) is 112 cm³/mol. The lowest BCUT2D eigenvalue weighted by molar-refractivity contribution is -0.127. The minimum atomic E-state index is -0.751. The molecular weight excluding hydrogens is 366 g/mol. The van der Waals surface area contributed by atoms with E-state index in [1.807, 2.05) is 63.2 Å². The third kappa shape index (κ3) is 5.10. The van der Waals surface area contributed by atoms with Gasteiger partial charge in [-0.2, -0.15) is 4.68 Å². The molecule has 2 aromatic carbocycles. The summed E-state index contributed by atoms with van der Waals surface area (Å²) in [4.78, 5) is 24.6. The van der Waals surface area contributed by atoms with Crippen molar-refractivity contribution < 1.29 is 9.53 Å². The number of aryl methyl sites for hydroxylation is 3. The Hall–Kier alpha value is -3.41. The number of ether oxygens (including phenoxy) is 1. The average molecular weight is 391 g/mol. The zero-order valence-electron chi connectivity index (χ0n) is 17.1. The van der Waals surface area contributed by atoms with Crippen LogP contribution in [0.2, 0.25) is 0 Å². The Labute approximate surface area is 170 Å². The van der Waals surface area contributed by atoms with Gasteiger partial charge in [-0.1, -0.05) is 35.9 Å². The molecule has 1 aromatic heterocycles. The van der Waals surface area contributed by atoms with Crippen LogP contribution in [0.3, 0.4) is 0 Å². The van der Waals surface area contributed by atoms with Crippen LogP contribution in [-0.4, -0.2) is 21.8 Å². The maximum Gasteiger partial charge on any atom is 0.271 e. The molecule has 1 amide bonds. The number of aromatic nitrogens is 2. The SMILES string of the molecule is Cc1ccc(CNC(=O)[C@@H](C)Oc2ccc(=O)n(-c3ccc(C)c(C)c3)n2)cc1. The van der Waals surface area contributed by atoms with Crippen molar-refractivity contribution in [1.82, 2.24) is 15.1 Å². The van der Waals surface area contributed by atoms with Crippen molar-refractivity contribution >= 4 is 5.91 Å². The summed E-state index contributed by atoms with van der Waals surface area (Å²) in [5, 5.41) is 7.12. The van der Waals surface area contributed by atoms with Gasteiger partial charge in [0.05, 0.1) is 5.69 Å². The van der Waals surface area contributed by atoms with Crippen LogP contribution in [0.15, 0.2) is 59.4 Å². The van der Waals surface area contributed by atoms with Gasteiger partial charge in [0, 0.05) is 18.7 Å². The van der Waals surface area contributed by atoms with Gasteiger partial charge in [0.25, 0.3) is 11.5 Å². The van der Waals surface area contributed by atoms with Crippen LogP contribution in [0.1, 0.15) is 29.2 Å². The standard InChI is InChI=1S/C23H25N3O3/c1-15-5-8-19(9-6-15)14-24-23(28)18(4)29-21-11-12-22(27)26(25-21)20-10-7-16(2)17(3)13-20/h5-13,18H,14H2,1-4H3,(H,24,28)/t18-/m1/s1. The summed E-state index contributed by atoms with van der Waals surface area (Å²) in [7, 11) is 0. The molecule has 6 heteroatoms. The van der Waals surface area contributed by atoms with Gasteiger partial charge in [0.2, 0.25) is 5.88 Å². The number of hydrogen-bond donors (Lipinski definition) is 1. The first-order valence-electron chi connectivity index (χ1n) is 9.51. The third-order valence-electron chi connectivity index (χ3n) is 4.76. The van der Waals surface area contributed by atoms with Crippen molar-refractivity contribution in [1.29, 1.82) is 0 Å². The van der Waals surface area contributed by atoms with Crippen molar-refractivity contribution in [3.05, 3.63) is 87.2 Å². The van der Waals surface area contributed by atoms with E-state index in [0.29, 0.717) is 12.2 Å². The summed E-state index contributed by atoms with van der Waals surface area (Å²) >= 11 is 0. The Balaban J connectivity index is 1.69. The third-order valence-corrected chi connectivity index (χ3v) is 4.76. The second kappa shape index (κ2) is 8.73. The van der Waals surface area contributed by atoms with Gasteiger partial charge in [-0.25, -0.2) is 0 Å². The topological polar surface area (TPSA) is 73.2 Å². The van der Waals surface area contributed by atoms with Gasteiger partial charge >= 0.3 is 0 Å². The Morgan fingerprint density at radius 1 is 1.03 bits per heavy atom. The van der Waals surface area contributed by atoms with Crippen LogP contribution < -0.4 is 15.6 Å². The molecule has 0 aliphatic heterocycles. The van der Waals surface area contributed by atoms with E-state index in [0.717, 1.165) is 16.7 Å². The monoisotopic (exact) mass is 391 g/mol. The summed E-state index contributed by atoms with van der Waals surface area (Å²) in [6.07, 6.45) is -0.751. The molecule has 0 radical (unpaired) electrons. The molecular formula is C23H25N3O3. The molecule has 1 heterocycles. The fourth-order valence-electron chi connectivity index (χ4n) is 2.77. The Kier molecular flexibility index (Phi) is 6.12. The lowest BCUT2D eigenvalue weighted by atomic mass is 10.1. The average Bonchev–Trinajstić information content (AvgIpc) is 2.71. The highest BCUT2D eigenvalue weighted by molar-refractivity contribution is 5.80. The van der Waals surface area contributed by atoms with Gasteiger partial charge in [0.1, 0.15) is 0 Å². The van der Waals surface area contributed by atoms with Crippen LogP contribution in [-0.2, 0) is 11.3 Å². The van der Waals surface area contributed by atoms with Crippen LogP contribution in [0, 0.1) is 20.8 Å². The number of benzene rings is 2. The number of carbonyl (C=O) groups is 1. The molecule has 0 aliphatic carbocycles. The summed E-state index contributed by atoms with van der Waals surface area (Å²) in [6, 6.07) is 16.5. The van der Waals surface area contributed by atoms with E-state index >= 15 is 0 Å². The molecule has 6 nitrogen and oxygen atoms in total. The molecule has 0 unspecified atom stereocenters. The molecule has 0 fully saturated rings. The minimum absolute atomic E-state index is 0.209. The van der Waals surface area contributed by atoms with E-state index < -0.39 is 6.10 Å². The highest BCUT2D eigenvalue weighted by atomic mass is 16.5. The van der Waals surface area contributed by atoms with E-state index in [9.17, 15) is 9.59 Å². The fourth-order valence-corrected chi connectivity index (χ4v) is 2.77. The summed E-state index contributed by atoms with van der Waals surface area (Å²) in [5.41, 5.74) is 4.76. The van der Waals surface area contributed by atoms with Gasteiger partial charge in [-0.05, 0) is 56.5 Å². The maximum atomic E-state index is 12.4. The Bertz CT molecular complexity index is 1070. The Morgan fingerprint density at radius 2 is 1.76 bits per heavy atom. The number of carbonyl (C=O) groups excluding carboxylic acids is 1. The highest BCUT2D eigenvalue weighted by Crippen LogP contribution is 2.14. The van der Waals surface area contributed by atoms with Crippen LogP contribution in [0.4, 0.5) is 0 Å². The molecule has 3 rings (SSSR count). The van der Waals surface area contributed by atoms with E-state index in [2.05, 4.69) is 10.4 Å².